The molecular formula is C21H16Cl5NO3. The first-order chi connectivity index (χ1) is 14.4. The molecule has 0 radical (unpaired) electrons. The van der Waals surface area contributed by atoms with Crippen molar-refractivity contribution in [1.82, 2.24) is 4.98 Å². The predicted octanol–water partition coefficient (Wildman–Crippen LogP) is 7.74. The fraction of sp³-hybridized carbons (Fsp3) is 0.190. The van der Waals surface area contributed by atoms with Crippen LogP contribution in [0.15, 0.2) is 53.0 Å². The number of ether oxygens (including phenoxy) is 3. The first-order valence-corrected chi connectivity index (χ1v) is 10.8. The molecule has 4 nitrogen and oxygen atoms in total. The number of halogens is 5. The van der Waals surface area contributed by atoms with Crippen molar-refractivity contribution in [2.75, 3.05) is 19.8 Å². The fourth-order valence-corrected chi connectivity index (χ4v) is 3.41. The van der Waals surface area contributed by atoms with E-state index in [0.29, 0.717) is 52.1 Å². The van der Waals surface area contributed by atoms with Crippen LogP contribution in [0.2, 0.25) is 15.1 Å². The molecule has 1 aromatic heterocycles. The lowest BCUT2D eigenvalue weighted by atomic mass is 10.2. The molecule has 158 valence electrons. The average molecular weight is 508 g/mol. The zero-order valence-corrected chi connectivity index (χ0v) is 19.3. The number of benzene rings is 2. The van der Waals surface area contributed by atoms with E-state index in [9.17, 15) is 0 Å². The third kappa shape index (κ3) is 6.73. The lowest BCUT2D eigenvalue weighted by Gasteiger charge is -2.12. The van der Waals surface area contributed by atoms with Gasteiger partial charge in [-0.25, -0.2) is 4.98 Å². The summed E-state index contributed by atoms with van der Waals surface area (Å²) in [6.45, 7) is 0.990. The normalized spacial score (nSPS) is 10.7. The van der Waals surface area contributed by atoms with E-state index in [1.807, 2.05) is 18.2 Å². The first-order valence-electron chi connectivity index (χ1n) is 8.87. The van der Waals surface area contributed by atoms with Crippen LogP contribution in [0, 0.1) is 0 Å². The highest BCUT2D eigenvalue weighted by Crippen LogP contribution is 2.37. The SMILES string of the molecule is ClC(Cl)=CCOc1cc(Cl)c(OCCCOc2ccc3cc(Cl)ccc3n2)c(Cl)c1. The molecule has 3 rings (SSSR count). The van der Waals surface area contributed by atoms with Crippen LogP contribution in [0.3, 0.4) is 0 Å². The largest absolute Gasteiger partial charge is 0.490 e. The second kappa shape index (κ2) is 11.2. The molecule has 3 aromatic rings. The van der Waals surface area contributed by atoms with Gasteiger partial charge in [-0.1, -0.05) is 58.0 Å². The van der Waals surface area contributed by atoms with E-state index in [0.717, 1.165) is 10.9 Å². The van der Waals surface area contributed by atoms with Gasteiger partial charge in [-0.15, -0.1) is 0 Å². The van der Waals surface area contributed by atoms with E-state index in [-0.39, 0.29) is 11.1 Å². The van der Waals surface area contributed by atoms with Gasteiger partial charge in [0.05, 0.1) is 28.8 Å². The van der Waals surface area contributed by atoms with Gasteiger partial charge in [0, 0.05) is 35.0 Å². The van der Waals surface area contributed by atoms with Crippen LogP contribution in [0.4, 0.5) is 0 Å². The smallest absolute Gasteiger partial charge is 0.213 e. The van der Waals surface area contributed by atoms with Crippen LogP contribution in [0.1, 0.15) is 6.42 Å². The molecule has 0 fully saturated rings. The van der Waals surface area contributed by atoms with Gasteiger partial charge in [-0.2, -0.15) is 0 Å². The standard InChI is InChI=1S/C21H16Cl5NO3/c22-14-3-4-18-13(10-14)2-5-20(27-18)29-7-1-8-30-21-16(23)11-15(12-17(21)24)28-9-6-19(25)26/h2-6,10-12H,1,7-9H2. The van der Waals surface area contributed by atoms with Crippen molar-refractivity contribution in [3.05, 3.63) is 68.1 Å². The summed E-state index contributed by atoms with van der Waals surface area (Å²) in [7, 11) is 0. The predicted molar refractivity (Wildman–Crippen MR) is 124 cm³/mol. The van der Waals surface area contributed by atoms with Gasteiger partial charge in [-0.3, -0.25) is 0 Å². The van der Waals surface area contributed by atoms with Crippen LogP contribution >= 0.6 is 58.0 Å². The molecule has 0 unspecified atom stereocenters. The molecule has 0 spiro atoms. The number of rotatable bonds is 9. The highest BCUT2D eigenvalue weighted by atomic mass is 35.5. The summed E-state index contributed by atoms with van der Waals surface area (Å²) in [5.74, 6) is 1.40. The van der Waals surface area contributed by atoms with Crippen LogP contribution in [0.5, 0.6) is 17.4 Å². The van der Waals surface area contributed by atoms with Gasteiger partial charge < -0.3 is 14.2 Å². The van der Waals surface area contributed by atoms with Crippen LogP contribution in [-0.4, -0.2) is 24.8 Å². The summed E-state index contributed by atoms with van der Waals surface area (Å²) in [6, 6.07) is 12.4. The van der Waals surface area contributed by atoms with E-state index in [4.69, 9.17) is 72.2 Å². The fourth-order valence-electron chi connectivity index (χ4n) is 2.53. The van der Waals surface area contributed by atoms with Crippen molar-refractivity contribution in [3.8, 4) is 17.4 Å². The Hall–Kier alpha value is -1.56. The van der Waals surface area contributed by atoms with Gasteiger partial charge in [0.15, 0.2) is 5.75 Å². The molecule has 0 bridgehead atoms. The van der Waals surface area contributed by atoms with Gasteiger partial charge in [-0.05, 0) is 30.3 Å². The molecule has 0 saturated heterocycles. The van der Waals surface area contributed by atoms with Crippen molar-refractivity contribution in [2.24, 2.45) is 0 Å². The average Bonchev–Trinajstić information content (AvgIpc) is 2.69. The number of hydrogen-bond acceptors (Lipinski definition) is 4. The molecule has 0 aliphatic rings. The Bertz CT molecular complexity index is 1030. The summed E-state index contributed by atoms with van der Waals surface area (Å²) < 4.78 is 17.0. The number of aromatic nitrogens is 1. The Morgan fingerprint density at radius 3 is 2.33 bits per heavy atom. The molecule has 2 aromatic carbocycles. The summed E-state index contributed by atoms with van der Waals surface area (Å²) in [5.41, 5.74) is 0.817. The highest BCUT2D eigenvalue weighted by molar-refractivity contribution is 6.55. The highest BCUT2D eigenvalue weighted by Gasteiger charge is 2.11. The maximum atomic E-state index is 6.24. The molecule has 9 heteroatoms. The molecule has 0 N–H and O–H groups in total. The third-order valence-electron chi connectivity index (χ3n) is 3.87. The Kier molecular flexibility index (Phi) is 8.61. The first kappa shape index (κ1) is 23.1. The van der Waals surface area contributed by atoms with Gasteiger partial charge in [0.2, 0.25) is 5.88 Å². The summed E-state index contributed by atoms with van der Waals surface area (Å²) in [6.07, 6.45) is 2.12. The Morgan fingerprint density at radius 2 is 1.60 bits per heavy atom. The van der Waals surface area contributed by atoms with Crippen molar-refractivity contribution < 1.29 is 14.2 Å². The molecule has 0 saturated carbocycles. The van der Waals surface area contributed by atoms with Crippen LogP contribution in [-0.2, 0) is 0 Å². The molecule has 30 heavy (non-hydrogen) atoms. The lowest BCUT2D eigenvalue weighted by Crippen LogP contribution is -2.06. The number of pyridine rings is 1. The second-order valence-electron chi connectivity index (χ2n) is 6.06. The maximum Gasteiger partial charge on any atom is 0.213 e. The van der Waals surface area contributed by atoms with E-state index < -0.39 is 0 Å². The van der Waals surface area contributed by atoms with E-state index in [1.165, 1.54) is 6.08 Å². The molecule has 1 heterocycles. The molecule has 0 atom stereocenters. The second-order valence-corrected chi connectivity index (χ2v) is 8.32. The van der Waals surface area contributed by atoms with Crippen molar-refractivity contribution in [3.63, 3.8) is 0 Å². The topological polar surface area (TPSA) is 40.6 Å². The molecular weight excluding hydrogens is 492 g/mol. The summed E-state index contributed by atoms with van der Waals surface area (Å²) in [4.78, 5) is 4.45. The zero-order chi connectivity index (χ0) is 21.5. The quantitative estimate of drug-likeness (QED) is 0.278. The van der Waals surface area contributed by atoms with Gasteiger partial charge >= 0.3 is 0 Å². The van der Waals surface area contributed by atoms with E-state index in [1.54, 1.807) is 24.3 Å². The van der Waals surface area contributed by atoms with Crippen molar-refractivity contribution in [2.45, 2.75) is 6.42 Å². The van der Waals surface area contributed by atoms with E-state index in [2.05, 4.69) is 4.98 Å². The number of fused-ring (bicyclic) bond motifs is 1. The van der Waals surface area contributed by atoms with E-state index >= 15 is 0 Å². The van der Waals surface area contributed by atoms with Crippen molar-refractivity contribution >= 4 is 68.9 Å². The molecule has 0 aliphatic heterocycles. The van der Waals surface area contributed by atoms with Gasteiger partial charge in [0.1, 0.15) is 16.8 Å². The minimum atomic E-state index is 0.123. The van der Waals surface area contributed by atoms with Crippen molar-refractivity contribution in [1.29, 1.82) is 0 Å². The van der Waals surface area contributed by atoms with Crippen LogP contribution < -0.4 is 14.2 Å². The lowest BCUT2D eigenvalue weighted by molar-refractivity contribution is 0.242. The monoisotopic (exact) mass is 505 g/mol. The zero-order valence-electron chi connectivity index (χ0n) is 15.5. The van der Waals surface area contributed by atoms with Gasteiger partial charge in [0.25, 0.3) is 0 Å². The maximum absolute atomic E-state index is 6.24. The third-order valence-corrected chi connectivity index (χ3v) is 4.98. The summed E-state index contributed by atoms with van der Waals surface area (Å²) in [5, 5.41) is 2.31. The Labute approximate surface area is 199 Å². The Morgan fingerprint density at radius 1 is 0.867 bits per heavy atom. The van der Waals surface area contributed by atoms with Crippen LogP contribution in [0.25, 0.3) is 10.9 Å². The minimum Gasteiger partial charge on any atom is -0.490 e. The minimum absolute atomic E-state index is 0.123. The number of nitrogens with zero attached hydrogens (tertiary/aromatic N) is 1. The number of hydrogen-bond donors (Lipinski definition) is 0. The summed E-state index contributed by atoms with van der Waals surface area (Å²) >= 11 is 29.5. The molecule has 0 aliphatic carbocycles. The Balaban J connectivity index is 1.48. The molecule has 0 amide bonds.